The van der Waals surface area contributed by atoms with E-state index < -0.39 is 5.97 Å². The molecule has 2 aromatic rings. The van der Waals surface area contributed by atoms with Gasteiger partial charge >= 0.3 is 5.97 Å². The highest BCUT2D eigenvalue weighted by atomic mass is 16.5. The van der Waals surface area contributed by atoms with Crippen LogP contribution in [0.3, 0.4) is 0 Å². The minimum Gasteiger partial charge on any atom is -0.493 e. The second-order valence-electron chi connectivity index (χ2n) is 6.08. The summed E-state index contributed by atoms with van der Waals surface area (Å²) in [5.74, 6) is -0.390. The molecule has 0 aliphatic heterocycles. The van der Waals surface area contributed by atoms with Crippen LogP contribution in [0.2, 0.25) is 0 Å². The molecule has 5 heteroatoms. The fraction of sp³-hybridized carbons (Fsp3) is 0.286. The number of azo groups is 1. The third-order valence-electron chi connectivity index (χ3n) is 4.04. The quantitative estimate of drug-likeness (QED) is 0.353. The van der Waals surface area contributed by atoms with Crippen LogP contribution < -0.4 is 4.74 Å². The van der Waals surface area contributed by atoms with Crippen molar-refractivity contribution in [3.05, 3.63) is 66.7 Å². The molecule has 0 spiro atoms. The lowest BCUT2D eigenvalue weighted by Crippen LogP contribution is -2.16. The molecule has 2 aromatic carbocycles. The van der Waals surface area contributed by atoms with Crippen molar-refractivity contribution in [2.24, 2.45) is 22.1 Å². The molecule has 0 saturated heterocycles. The molecule has 2 atom stereocenters. The van der Waals surface area contributed by atoms with Crippen LogP contribution in [0.5, 0.6) is 5.75 Å². The first-order valence-electron chi connectivity index (χ1n) is 8.65. The number of nitrogens with zero attached hydrogens (tertiary/aromatic N) is 2. The molecule has 26 heavy (non-hydrogen) atoms. The zero-order chi connectivity index (χ0) is 18.8. The van der Waals surface area contributed by atoms with Crippen LogP contribution >= 0.6 is 0 Å². The van der Waals surface area contributed by atoms with Gasteiger partial charge in [0.1, 0.15) is 5.75 Å². The molecule has 0 saturated carbocycles. The van der Waals surface area contributed by atoms with Gasteiger partial charge in [0.05, 0.1) is 23.9 Å². The monoisotopic (exact) mass is 352 g/mol. The van der Waals surface area contributed by atoms with Gasteiger partial charge in [-0.3, -0.25) is 4.79 Å². The van der Waals surface area contributed by atoms with E-state index in [1.807, 2.05) is 73.7 Å². The van der Waals surface area contributed by atoms with Crippen molar-refractivity contribution >= 4 is 17.3 Å². The average Bonchev–Trinajstić information content (AvgIpc) is 2.67. The first-order valence-corrected chi connectivity index (χ1v) is 8.65. The summed E-state index contributed by atoms with van der Waals surface area (Å²) in [4.78, 5) is 10.9. The Morgan fingerprint density at radius 3 is 2.27 bits per heavy atom. The second kappa shape index (κ2) is 10.1. The van der Waals surface area contributed by atoms with E-state index >= 15 is 0 Å². The summed E-state index contributed by atoms with van der Waals surface area (Å²) < 4.78 is 5.67. The number of carboxylic acids is 1. The van der Waals surface area contributed by atoms with Gasteiger partial charge in [0.15, 0.2) is 0 Å². The maximum atomic E-state index is 10.9. The highest BCUT2D eigenvalue weighted by Crippen LogP contribution is 2.21. The van der Waals surface area contributed by atoms with E-state index in [9.17, 15) is 4.79 Å². The third kappa shape index (κ3) is 6.51. The number of benzene rings is 2. The van der Waals surface area contributed by atoms with Crippen LogP contribution in [0.4, 0.5) is 11.4 Å². The zero-order valence-electron chi connectivity index (χ0n) is 15.1. The Morgan fingerprint density at radius 1 is 1.04 bits per heavy atom. The number of carbonyl (C=O) groups is 1. The molecule has 2 unspecified atom stereocenters. The summed E-state index contributed by atoms with van der Waals surface area (Å²) in [5.41, 5.74) is 1.57. The summed E-state index contributed by atoms with van der Waals surface area (Å²) in [6.45, 7) is 4.15. The molecule has 0 fully saturated rings. The van der Waals surface area contributed by atoms with Crippen molar-refractivity contribution in [2.45, 2.75) is 20.3 Å². The van der Waals surface area contributed by atoms with Gasteiger partial charge in [-0.15, -0.1) is 0 Å². The predicted molar refractivity (Wildman–Crippen MR) is 102 cm³/mol. The Kier molecular flexibility index (Phi) is 7.55. The normalized spacial score (nSPS) is 13.8. The molecule has 0 aliphatic carbocycles. The van der Waals surface area contributed by atoms with Gasteiger partial charge in [0.2, 0.25) is 0 Å². The van der Waals surface area contributed by atoms with E-state index in [2.05, 4.69) is 10.2 Å². The van der Waals surface area contributed by atoms with Gasteiger partial charge in [-0.25, -0.2) is 0 Å². The van der Waals surface area contributed by atoms with Crippen LogP contribution in [0.15, 0.2) is 77.0 Å². The molecule has 0 heterocycles. The van der Waals surface area contributed by atoms with Crippen LogP contribution in [0, 0.1) is 11.8 Å². The first kappa shape index (κ1) is 19.4. The van der Waals surface area contributed by atoms with Crippen molar-refractivity contribution < 1.29 is 14.6 Å². The molecule has 5 nitrogen and oxygen atoms in total. The zero-order valence-corrected chi connectivity index (χ0v) is 15.1. The van der Waals surface area contributed by atoms with Crippen LogP contribution in [-0.4, -0.2) is 17.7 Å². The fourth-order valence-electron chi connectivity index (χ4n) is 2.17. The summed E-state index contributed by atoms with van der Waals surface area (Å²) >= 11 is 0. The topological polar surface area (TPSA) is 71.2 Å². The lowest BCUT2D eigenvalue weighted by Gasteiger charge is -2.10. The third-order valence-corrected chi connectivity index (χ3v) is 4.04. The van der Waals surface area contributed by atoms with Gasteiger partial charge in [-0.1, -0.05) is 44.2 Å². The van der Waals surface area contributed by atoms with E-state index in [1.54, 1.807) is 6.92 Å². The fourth-order valence-corrected chi connectivity index (χ4v) is 2.17. The van der Waals surface area contributed by atoms with Gasteiger partial charge in [0, 0.05) is 0 Å². The Balaban J connectivity index is 1.75. The van der Waals surface area contributed by atoms with Gasteiger partial charge in [0.25, 0.3) is 0 Å². The molecule has 136 valence electrons. The smallest absolute Gasteiger partial charge is 0.306 e. The lowest BCUT2D eigenvalue weighted by atomic mass is 9.96. The van der Waals surface area contributed by atoms with Crippen LogP contribution in [0.1, 0.15) is 20.3 Å². The second-order valence-corrected chi connectivity index (χ2v) is 6.08. The number of hydrogen-bond donors (Lipinski definition) is 1. The average molecular weight is 352 g/mol. The Hall–Kier alpha value is -2.95. The van der Waals surface area contributed by atoms with Crippen LogP contribution in [-0.2, 0) is 4.79 Å². The molecule has 0 aliphatic rings. The standard InChI is InChI=1S/C21H24N2O3/c1-16(17(2)21(24)25)8-6-7-15-26-20-13-11-19(12-14-20)23-22-18-9-4-3-5-10-18/h3-6,8-14,16-17H,7,15H2,1-2H3,(H,24,25)/b8-6-,23-22+. The van der Waals surface area contributed by atoms with E-state index in [1.165, 1.54) is 0 Å². The summed E-state index contributed by atoms with van der Waals surface area (Å²) in [6.07, 6.45) is 4.62. The van der Waals surface area contributed by atoms with E-state index in [0.29, 0.717) is 6.61 Å². The van der Waals surface area contributed by atoms with Crippen molar-refractivity contribution in [1.29, 1.82) is 0 Å². The number of hydrogen-bond acceptors (Lipinski definition) is 4. The highest BCUT2D eigenvalue weighted by Gasteiger charge is 2.16. The molecular weight excluding hydrogens is 328 g/mol. The Morgan fingerprint density at radius 2 is 1.65 bits per heavy atom. The van der Waals surface area contributed by atoms with Crippen molar-refractivity contribution in [1.82, 2.24) is 0 Å². The maximum absolute atomic E-state index is 10.9. The van der Waals surface area contributed by atoms with E-state index in [-0.39, 0.29) is 11.8 Å². The maximum Gasteiger partial charge on any atom is 0.306 e. The number of rotatable bonds is 9. The Bertz CT molecular complexity index is 740. The molecule has 0 radical (unpaired) electrons. The number of allylic oxidation sites excluding steroid dienone is 1. The molecule has 0 bridgehead atoms. The van der Waals surface area contributed by atoms with Crippen molar-refractivity contribution in [2.75, 3.05) is 6.61 Å². The molecule has 2 rings (SSSR count). The molecule has 0 aromatic heterocycles. The highest BCUT2D eigenvalue weighted by molar-refractivity contribution is 5.70. The lowest BCUT2D eigenvalue weighted by molar-refractivity contribution is -0.142. The minimum atomic E-state index is -0.775. The first-order chi connectivity index (χ1) is 12.6. The Labute approximate surface area is 154 Å². The predicted octanol–water partition coefficient (Wildman–Crippen LogP) is 5.78. The van der Waals surface area contributed by atoms with E-state index in [4.69, 9.17) is 9.84 Å². The van der Waals surface area contributed by atoms with Gasteiger partial charge in [-0.05, 0) is 48.7 Å². The summed E-state index contributed by atoms with van der Waals surface area (Å²) in [5, 5.41) is 17.3. The van der Waals surface area contributed by atoms with Crippen molar-refractivity contribution in [3.8, 4) is 5.75 Å². The molecule has 0 amide bonds. The van der Waals surface area contributed by atoms with Gasteiger partial charge in [-0.2, -0.15) is 10.2 Å². The summed E-state index contributed by atoms with van der Waals surface area (Å²) in [6, 6.07) is 17.0. The van der Waals surface area contributed by atoms with Crippen molar-refractivity contribution in [3.63, 3.8) is 0 Å². The van der Waals surface area contributed by atoms with Gasteiger partial charge < -0.3 is 9.84 Å². The SMILES string of the molecule is CC(/C=C\CCOc1ccc(/N=N/c2ccccc2)cc1)C(C)C(=O)O. The molecular formula is C21H24N2O3. The number of carboxylic acid groups (broad SMARTS) is 1. The minimum absolute atomic E-state index is 0.00163. The van der Waals surface area contributed by atoms with E-state index in [0.717, 1.165) is 23.5 Å². The summed E-state index contributed by atoms with van der Waals surface area (Å²) in [7, 11) is 0. The molecule has 1 N–H and O–H groups in total. The largest absolute Gasteiger partial charge is 0.493 e. The number of ether oxygens (including phenoxy) is 1. The van der Waals surface area contributed by atoms with Crippen LogP contribution in [0.25, 0.3) is 0 Å². The number of aliphatic carboxylic acids is 1.